The van der Waals surface area contributed by atoms with Gasteiger partial charge in [0.2, 0.25) is 0 Å². The molecule has 0 radical (unpaired) electrons. The van der Waals surface area contributed by atoms with E-state index in [2.05, 4.69) is 4.98 Å². The summed E-state index contributed by atoms with van der Waals surface area (Å²) >= 11 is 0. The van der Waals surface area contributed by atoms with Gasteiger partial charge < -0.3 is 10.7 Å². The maximum atomic E-state index is 14.1. The zero-order chi connectivity index (χ0) is 14.9. The number of hydrogen-bond acceptors (Lipinski definition) is 4. The summed E-state index contributed by atoms with van der Waals surface area (Å²) < 4.78 is 14.1. The minimum Gasteiger partial charge on any atom is -0.384 e. The number of H-pyrrole nitrogens is 1. The van der Waals surface area contributed by atoms with E-state index in [9.17, 15) is 9.18 Å². The van der Waals surface area contributed by atoms with Crippen LogP contribution in [0.5, 0.6) is 0 Å². The largest absolute Gasteiger partial charge is 0.384 e. The van der Waals surface area contributed by atoms with Crippen molar-refractivity contribution in [2.75, 3.05) is 5.73 Å². The molecule has 0 atom stereocenters. The number of anilines is 1. The van der Waals surface area contributed by atoms with Gasteiger partial charge in [0.25, 0.3) is 5.56 Å². The van der Waals surface area contributed by atoms with E-state index in [1.54, 1.807) is 25.1 Å². The molecular weight excluding hydrogens is 259 g/mol. The highest BCUT2D eigenvalue weighted by atomic mass is 19.1. The predicted octanol–water partition coefficient (Wildman–Crippen LogP) is 1.81. The Hall–Kier alpha value is -3.12. The van der Waals surface area contributed by atoms with Gasteiger partial charge in [0, 0.05) is 11.1 Å². The SMILES string of the molecule is Cc1cccc(F)c1-c1c(C#N)c(N)[nH]c(=O)c1C#N. The molecule has 1 heterocycles. The Labute approximate surface area is 113 Å². The number of nitrogen functional groups attached to an aromatic ring is 1. The number of nitriles is 2. The molecule has 3 N–H and O–H groups in total. The summed E-state index contributed by atoms with van der Waals surface area (Å²) in [7, 11) is 0. The standard InChI is InChI=1S/C14H9FN4O/c1-7-3-2-4-10(15)11(7)12-8(5-16)13(18)19-14(20)9(12)6-17/h2-4H,1H3,(H3,18,19,20). The van der Waals surface area contributed by atoms with Crippen LogP contribution in [-0.2, 0) is 0 Å². The molecule has 2 aromatic rings. The van der Waals surface area contributed by atoms with Crippen molar-refractivity contribution in [1.29, 1.82) is 10.5 Å². The summed E-state index contributed by atoms with van der Waals surface area (Å²) in [6.07, 6.45) is 0. The first-order chi connectivity index (χ1) is 9.51. The molecule has 98 valence electrons. The normalized spacial score (nSPS) is 9.80. The van der Waals surface area contributed by atoms with Crippen LogP contribution in [0.2, 0.25) is 0 Å². The zero-order valence-corrected chi connectivity index (χ0v) is 10.5. The average molecular weight is 268 g/mol. The lowest BCUT2D eigenvalue weighted by Gasteiger charge is -2.12. The van der Waals surface area contributed by atoms with Crippen molar-refractivity contribution in [3.05, 3.63) is 51.1 Å². The quantitative estimate of drug-likeness (QED) is 0.822. The zero-order valence-electron chi connectivity index (χ0n) is 10.5. The van der Waals surface area contributed by atoms with Crippen molar-refractivity contribution in [2.45, 2.75) is 6.92 Å². The molecule has 0 spiro atoms. The van der Waals surface area contributed by atoms with Gasteiger partial charge in [-0.15, -0.1) is 0 Å². The number of aryl methyl sites for hydroxylation is 1. The number of benzene rings is 1. The van der Waals surface area contributed by atoms with Crippen molar-refractivity contribution in [1.82, 2.24) is 4.98 Å². The number of halogens is 1. The molecule has 6 heteroatoms. The van der Waals surface area contributed by atoms with Crippen molar-refractivity contribution >= 4 is 5.82 Å². The predicted molar refractivity (Wildman–Crippen MR) is 71.0 cm³/mol. The minimum atomic E-state index is -0.748. The third-order valence-corrected chi connectivity index (χ3v) is 2.94. The van der Waals surface area contributed by atoms with Crippen LogP contribution < -0.4 is 11.3 Å². The van der Waals surface area contributed by atoms with Crippen LogP contribution in [0.1, 0.15) is 16.7 Å². The van der Waals surface area contributed by atoms with E-state index >= 15 is 0 Å². The molecule has 0 bridgehead atoms. The summed E-state index contributed by atoms with van der Waals surface area (Å²) in [5.41, 5.74) is 4.87. The summed E-state index contributed by atoms with van der Waals surface area (Å²) in [6.45, 7) is 1.62. The Bertz CT molecular complexity index is 820. The third kappa shape index (κ3) is 1.90. The number of aromatic nitrogens is 1. The lowest BCUT2D eigenvalue weighted by atomic mass is 9.93. The highest BCUT2D eigenvalue weighted by molar-refractivity contribution is 5.82. The third-order valence-electron chi connectivity index (χ3n) is 2.94. The second-order valence-corrected chi connectivity index (χ2v) is 4.15. The Morgan fingerprint density at radius 1 is 1.20 bits per heavy atom. The highest BCUT2D eigenvalue weighted by Gasteiger charge is 2.21. The monoisotopic (exact) mass is 268 g/mol. The van der Waals surface area contributed by atoms with E-state index in [1.807, 2.05) is 0 Å². The van der Waals surface area contributed by atoms with Crippen LogP contribution in [0.15, 0.2) is 23.0 Å². The van der Waals surface area contributed by atoms with Crippen LogP contribution in [-0.4, -0.2) is 4.98 Å². The van der Waals surface area contributed by atoms with Crippen molar-refractivity contribution < 1.29 is 4.39 Å². The molecule has 0 aliphatic rings. The molecule has 0 unspecified atom stereocenters. The molecule has 0 amide bonds. The van der Waals surface area contributed by atoms with E-state index in [0.717, 1.165) is 0 Å². The fourth-order valence-electron chi connectivity index (χ4n) is 2.04. The van der Waals surface area contributed by atoms with Crippen LogP contribution in [0.4, 0.5) is 10.2 Å². The molecule has 0 aliphatic carbocycles. The smallest absolute Gasteiger partial charge is 0.268 e. The average Bonchev–Trinajstić information content (AvgIpc) is 2.38. The highest BCUT2D eigenvalue weighted by Crippen LogP contribution is 2.32. The molecule has 20 heavy (non-hydrogen) atoms. The van der Waals surface area contributed by atoms with Gasteiger partial charge in [-0.05, 0) is 18.6 Å². The fourth-order valence-corrected chi connectivity index (χ4v) is 2.04. The van der Waals surface area contributed by atoms with E-state index in [-0.39, 0.29) is 28.1 Å². The van der Waals surface area contributed by atoms with Crippen LogP contribution >= 0.6 is 0 Å². The van der Waals surface area contributed by atoms with Crippen molar-refractivity contribution in [2.24, 2.45) is 0 Å². The molecule has 1 aromatic carbocycles. The molecular formula is C14H9FN4O. The number of nitrogens with zero attached hydrogens (tertiary/aromatic N) is 2. The van der Waals surface area contributed by atoms with Gasteiger partial charge in [0.05, 0.1) is 0 Å². The second-order valence-electron chi connectivity index (χ2n) is 4.15. The first-order valence-electron chi connectivity index (χ1n) is 5.62. The summed E-state index contributed by atoms with van der Waals surface area (Å²) in [5, 5.41) is 18.3. The van der Waals surface area contributed by atoms with E-state index < -0.39 is 11.4 Å². The number of aromatic amines is 1. The summed E-state index contributed by atoms with van der Waals surface area (Å²) in [5.74, 6) is -0.808. The molecule has 0 saturated heterocycles. The number of nitrogens with two attached hydrogens (primary N) is 1. The minimum absolute atomic E-state index is 0.0402. The number of pyridine rings is 1. The van der Waals surface area contributed by atoms with Gasteiger partial charge in [-0.1, -0.05) is 12.1 Å². The maximum absolute atomic E-state index is 14.1. The van der Waals surface area contributed by atoms with E-state index in [1.165, 1.54) is 12.1 Å². The topological polar surface area (TPSA) is 106 Å². The molecule has 0 saturated carbocycles. The van der Waals surface area contributed by atoms with Gasteiger partial charge in [-0.2, -0.15) is 10.5 Å². The maximum Gasteiger partial charge on any atom is 0.268 e. The molecule has 0 aliphatic heterocycles. The lowest BCUT2D eigenvalue weighted by Crippen LogP contribution is -2.17. The fraction of sp³-hybridized carbons (Fsp3) is 0.0714. The molecule has 2 rings (SSSR count). The van der Waals surface area contributed by atoms with Crippen LogP contribution in [0.25, 0.3) is 11.1 Å². The van der Waals surface area contributed by atoms with E-state index in [4.69, 9.17) is 16.3 Å². The van der Waals surface area contributed by atoms with Gasteiger partial charge in [0.1, 0.15) is 34.9 Å². The first kappa shape index (κ1) is 13.3. The van der Waals surface area contributed by atoms with Gasteiger partial charge >= 0.3 is 0 Å². The van der Waals surface area contributed by atoms with Crippen LogP contribution in [0.3, 0.4) is 0 Å². The summed E-state index contributed by atoms with van der Waals surface area (Å²) in [6, 6.07) is 7.83. The van der Waals surface area contributed by atoms with Gasteiger partial charge in [-0.25, -0.2) is 4.39 Å². The van der Waals surface area contributed by atoms with Crippen molar-refractivity contribution in [3.8, 4) is 23.3 Å². The Morgan fingerprint density at radius 3 is 2.40 bits per heavy atom. The van der Waals surface area contributed by atoms with Gasteiger partial charge in [-0.3, -0.25) is 4.79 Å². The van der Waals surface area contributed by atoms with Crippen LogP contribution in [0, 0.1) is 35.4 Å². The van der Waals surface area contributed by atoms with Gasteiger partial charge in [0.15, 0.2) is 0 Å². The molecule has 0 fully saturated rings. The summed E-state index contributed by atoms with van der Waals surface area (Å²) in [4.78, 5) is 14.0. The number of hydrogen-bond donors (Lipinski definition) is 2. The molecule has 1 aromatic heterocycles. The Kier molecular flexibility index (Phi) is 3.24. The first-order valence-corrected chi connectivity index (χ1v) is 5.62. The van der Waals surface area contributed by atoms with Crippen molar-refractivity contribution in [3.63, 3.8) is 0 Å². The second kappa shape index (κ2) is 4.87. The Balaban J connectivity index is 3.05. The Morgan fingerprint density at radius 2 is 1.85 bits per heavy atom. The molecule has 5 nitrogen and oxygen atoms in total. The number of rotatable bonds is 1. The van der Waals surface area contributed by atoms with E-state index in [0.29, 0.717) is 5.56 Å². The lowest BCUT2D eigenvalue weighted by molar-refractivity contribution is 0.630. The number of nitrogens with one attached hydrogen (secondary N) is 1.